The molecule has 0 aromatic carbocycles. The standard InChI is InChI=1S/C8H12FN3O2S/c9-7-2-3-8(12-6-7)11-4-1-5-15(10,13)14/h2-3,6H,1,4-5H2,(H,11,12)(H2,10,13,14). The lowest BCUT2D eigenvalue weighted by atomic mass is 10.4. The minimum absolute atomic E-state index is 0.0821. The van der Waals surface area contributed by atoms with Crippen LogP contribution < -0.4 is 10.5 Å². The number of primary sulfonamides is 1. The maximum absolute atomic E-state index is 12.4. The highest BCUT2D eigenvalue weighted by Crippen LogP contribution is 2.03. The van der Waals surface area contributed by atoms with Crippen molar-refractivity contribution in [3.63, 3.8) is 0 Å². The lowest BCUT2D eigenvalue weighted by molar-refractivity contribution is 0.595. The van der Waals surface area contributed by atoms with E-state index in [-0.39, 0.29) is 5.75 Å². The van der Waals surface area contributed by atoms with Crippen molar-refractivity contribution >= 4 is 15.8 Å². The Bertz CT molecular complexity index is 404. The number of nitrogens with two attached hydrogens (primary N) is 1. The molecule has 0 fully saturated rings. The molecule has 0 spiro atoms. The van der Waals surface area contributed by atoms with Crippen molar-refractivity contribution in [2.75, 3.05) is 17.6 Å². The van der Waals surface area contributed by atoms with Crippen LogP contribution in [0.4, 0.5) is 10.2 Å². The first-order valence-corrected chi connectivity index (χ1v) is 6.05. The number of hydrogen-bond acceptors (Lipinski definition) is 4. The zero-order chi connectivity index (χ0) is 11.3. The Morgan fingerprint density at radius 2 is 2.20 bits per heavy atom. The van der Waals surface area contributed by atoms with Gasteiger partial charge in [0.2, 0.25) is 10.0 Å². The van der Waals surface area contributed by atoms with E-state index in [0.717, 1.165) is 6.20 Å². The maximum atomic E-state index is 12.4. The molecule has 0 radical (unpaired) electrons. The highest BCUT2D eigenvalue weighted by molar-refractivity contribution is 7.89. The molecule has 1 rings (SSSR count). The second kappa shape index (κ2) is 5.04. The van der Waals surface area contributed by atoms with Crippen LogP contribution in [0.2, 0.25) is 0 Å². The summed E-state index contributed by atoms with van der Waals surface area (Å²) < 4.78 is 33.6. The topological polar surface area (TPSA) is 85.1 Å². The average molecular weight is 233 g/mol. The van der Waals surface area contributed by atoms with Gasteiger partial charge in [-0.05, 0) is 18.6 Å². The van der Waals surface area contributed by atoms with Crippen molar-refractivity contribution in [2.45, 2.75) is 6.42 Å². The Labute approximate surface area is 87.6 Å². The van der Waals surface area contributed by atoms with Crippen LogP contribution in [0.1, 0.15) is 6.42 Å². The zero-order valence-electron chi connectivity index (χ0n) is 7.98. The summed E-state index contributed by atoms with van der Waals surface area (Å²) >= 11 is 0. The molecule has 0 unspecified atom stereocenters. The molecule has 0 aliphatic carbocycles. The van der Waals surface area contributed by atoms with E-state index in [1.165, 1.54) is 12.1 Å². The quantitative estimate of drug-likeness (QED) is 0.717. The zero-order valence-corrected chi connectivity index (χ0v) is 8.80. The highest BCUT2D eigenvalue weighted by Gasteiger charge is 2.01. The molecule has 1 aromatic heterocycles. The number of halogens is 1. The van der Waals surface area contributed by atoms with Crippen molar-refractivity contribution < 1.29 is 12.8 Å². The third-order valence-electron chi connectivity index (χ3n) is 1.64. The molecule has 0 bridgehead atoms. The lowest BCUT2D eigenvalue weighted by Gasteiger charge is -2.03. The summed E-state index contributed by atoms with van der Waals surface area (Å²) in [6, 6.07) is 2.75. The summed E-state index contributed by atoms with van der Waals surface area (Å²) in [6.07, 6.45) is 1.47. The number of pyridine rings is 1. The average Bonchev–Trinajstić information content (AvgIpc) is 2.14. The van der Waals surface area contributed by atoms with Gasteiger partial charge in [0.25, 0.3) is 0 Å². The van der Waals surface area contributed by atoms with E-state index in [1.54, 1.807) is 0 Å². The van der Waals surface area contributed by atoms with Crippen molar-refractivity contribution in [3.8, 4) is 0 Å². The van der Waals surface area contributed by atoms with Crippen LogP contribution in [-0.2, 0) is 10.0 Å². The van der Waals surface area contributed by atoms with Gasteiger partial charge in [-0.15, -0.1) is 0 Å². The molecule has 5 nitrogen and oxygen atoms in total. The number of anilines is 1. The van der Waals surface area contributed by atoms with Crippen LogP contribution in [0.3, 0.4) is 0 Å². The molecular formula is C8H12FN3O2S. The third-order valence-corrected chi connectivity index (χ3v) is 2.50. The first-order chi connectivity index (χ1) is 6.97. The van der Waals surface area contributed by atoms with Crippen LogP contribution >= 0.6 is 0 Å². The Morgan fingerprint density at radius 3 is 2.73 bits per heavy atom. The van der Waals surface area contributed by atoms with E-state index in [2.05, 4.69) is 10.3 Å². The van der Waals surface area contributed by atoms with Gasteiger partial charge in [-0.25, -0.2) is 22.9 Å². The number of rotatable bonds is 5. The number of aromatic nitrogens is 1. The van der Waals surface area contributed by atoms with E-state index >= 15 is 0 Å². The maximum Gasteiger partial charge on any atom is 0.209 e. The van der Waals surface area contributed by atoms with Gasteiger partial charge >= 0.3 is 0 Å². The monoisotopic (exact) mass is 233 g/mol. The molecule has 0 atom stereocenters. The molecule has 84 valence electrons. The molecule has 15 heavy (non-hydrogen) atoms. The molecule has 0 saturated carbocycles. The molecule has 7 heteroatoms. The summed E-state index contributed by atoms with van der Waals surface area (Å²) in [4.78, 5) is 3.75. The van der Waals surface area contributed by atoms with Crippen LogP contribution in [0.25, 0.3) is 0 Å². The summed E-state index contributed by atoms with van der Waals surface area (Å²) in [5.41, 5.74) is 0. The molecule has 3 N–H and O–H groups in total. The molecule has 1 aromatic rings. The fourth-order valence-electron chi connectivity index (χ4n) is 0.970. The van der Waals surface area contributed by atoms with Crippen LogP contribution in [0.15, 0.2) is 18.3 Å². The Balaban J connectivity index is 2.29. The third kappa shape index (κ3) is 5.28. The van der Waals surface area contributed by atoms with Crippen LogP contribution in [-0.4, -0.2) is 25.7 Å². The van der Waals surface area contributed by atoms with E-state index in [4.69, 9.17) is 5.14 Å². The summed E-state index contributed by atoms with van der Waals surface area (Å²) in [5.74, 6) is 0.0113. The van der Waals surface area contributed by atoms with Gasteiger partial charge in [-0.3, -0.25) is 0 Å². The predicted molar refractivity (Wildman–Crippen MR) is 55.3 cm³/mol. The molecule has 0 saturated heterocycles. The Morgan fingerprint density at radius 1 is 1.47 bits per heavy atom. The van der Waals surface area contributed by atoms with E-state index in [9.17, 15) is 12.8 Å². The first kappa shape index (κ1) is 11.9. The van der Waals surface area contributed by atoms with Gasteiger partial charge in [-0.2, -0.15) is 0 Å². The molecule has 0 aliphatic rings. The lowest BCUT2D eigenvalue weighted by Crippen LogP contribution is -2.18. The van der Waals surface area contributed by atoms with E-state index < -0.39 is 15.8 Å². The van der Waals surface area contributed by atoms with Gasteiger partial charge in [0, 0.05) is 6.54 Å². The van der Waals surface area contributed by atoms with Gasteiger partial charge in [0.1, 0.15) is 11.6 Å². The number of sulfonamides is 1. The second-order valence-corrected chi connectivity index (χ2v) is 4.74. The minimum Gasteiger partial charge on any atom is -0.370 e. The minimum atomic E-state index is -3.41. The summed E-state index contributed by atoms with van der Waals surface area (Å²) in [7, 11) is -3.41. The fraction of sp³-hybridized carbons (Fsp3) is 0.375. The van der Waals surface area contributed by atoms with Crippen LogP contribution in [0, 0.1) is 5.82 Å². The number of nitrogens with one attached hydrogen (secondary N) is 1. The summed E-state index contributed by atoms with van der Waals surface area (Å²) in [6.45, 7) is 0.426. The SMILES string of the molecule is NS(=O)(=O)CCCNc1ccc(F)cn1. The Kier molecular flexibility index (Phi) is 3.98. The molecular weight excluding hydrogens is 221 g/mol. The normalized spacial score (nSPS) is 11.3. The first-order valence-electron chi connectivity index (χ1n) is 4.33. The molecule has 1 heterocycles. The Hall–Kier alpha value is -1.21. The van der Waals surface area contributed by atoms with Crippen molar-refractivity contribution in [2.24, 2.45) is 5.14 Å². The number of hydrogen-bond donors (Lipinski definition) is 2. The van der Waals surface area contributed by atoms with Gasteiger partial charge in [-0.1, -0.05) is 0 Å². The van der Waals surface area contributed by atoms with E-state index in [1.807, 2.05) is 0 Å². The number of nitrogens with zero attached hydrogens (tertiary/aromatic N) is 1. The fourth-order valence-corrected chi connectivity index (χ4v) is 1.52. The van der Waals surface area contributed by atoms with Gasteiger partial charge in [0.15, 0.2) is 0 Å². The van der Waals surface area contributed by atoms with Crippen molar-refractivity contribution in [3.05, 3.63) is 24.1 Å². The smallest absolute Gasteiger partial charge is 0.209 e. The van der Waals surface area contributed by atoms with Gasteiger partial charge in [0.05, 0.1) is 11.9 Å². The van der Waals surface area contributed by atoms with E-state index in [0.29, 0.717) is 18.8 Å². The van der Waals surface area contributed by atoms with Gasteiger partial charge < -0.3 is 5.32 Å². The largest absolute Gasteiger partial charge is 0.370 e. The van der Waals surface area contributed by atoms with Crippen LogP contribution in [0.5, 0.6) is 0 Å². The molecule has 0 aliphatic heterocycles. The van der Waals surface area contributed by atoms with Crippen molar-refractivity contribution in [1.82, 2.24) is 4.98 Å². The second-order valence-electron chi connectivity index (χ2n) is 3.01. The summed E-state index contributed by atoms with van der Waals surface area (Å²) in [5, 5.41) is 7.66. The van der Waals surface area contributed by atoms with Crippen molar-refractivity contribution in [1.29, 1.82) is 0 Å². The predicted octanol–water partition coefficient (Wildman–Crippen LogP) is 0.311. The molecule has 0 amide bonds. The highest BCUT2D eigenvalue weighted by atomic mass is 32.2.